The Balaban J connectivity index is 0.000000967. The van der Waals surface area contributed by atoms with Gasteiger partial charge >= 0.3 is 0 Å². The van der Waals surface area contributed by atoms with E-state index in [1.807, 2.05) is 12.1 Å². The van der Waals surface area contributed by atoms with Gasteiger partial charge in [-0.3, -0.25) is 9.59 Å². The van der Waals surface area contributed by atoms with Gasteiger partial charge in [0.05, 0.1) is 18.0 Å². The number of benzene rings is 1. The zero-order valence-corrected chi connectivity index (χ0v) is 19.7. The molecule has 36 heavy (non-hydrogen) atoms. The normalized spacial score (nSPS) is 16.4. The highest BCUT2D eigenvalue weighted by Crippen LogP contribution is 2.34. The van der Waals surface area contributed by atoms with E-state index in [1.165, 1.54) is 18.5 Å². The maximum absolute atomic E-state index is 11.9. The van der Waals surface area contributed by atoms with Crippen molar-refractivity contribution in [3.05, 3.63) is 54.4 Å². The molecule has 2 saturated heterocycles. The number of carbonyl (C=O) groups is 2. The number of nitriles is 1. The van der Waals surface area contributed by atoms with Crippen LogP contribution >= 0.6 is 0 Å². The molecule has 2 N–H and O–H groups in total. The molecule has 0 radical (unpaired) electrons. The van der Waals surface area contributed by atoms with Crippen LogP contribution in [0.1, 0.15) is 24.0 Å². The zero-order valence-electron chi connectivity index (χ0n) is 19.7. The topological polar surface area (TPSA) is 148 Å². The summed E-state index contributed by atoms with van der Waals surface area (Å²) >= 11 is 0. The van der Waals surface area contributed by atoms with Crippen molar-refractivity contribution in [3.63, 3.8) is 0 Å². The van der Waals surface area contributed by atoms with Crippen LogP contribution in [0.3, 0.4) is 0 Å². The first-order chi connectivity index (χ1) is 17.6. The molecule has 0 bridgehead atoms. The Labute approximate surface area is 208 Å². The van der Waals surface area contributed by atoms with Crippen molar-refractivity contribution < 1.29 is 14.7 Å². The van der Waals surface area contributed by atoms with E-state index in [4.69, 9.17) is 15.2 Å². The Bertz CT molecular complexity index is 1300. The fourth-order valence-corrected chi connectivity index (χ4v) is 4.27. The van der Waals surface area contributed by atoms with Gasteiger partial charge in [-0.25, -0.2) is 9.97 Å². The molecule has 2 aromatic heterocycles. The highest BCUT2D eigenvalue weighted by molar-refractivity contribution is 6.00. The van der Waals surface area contributed by atoms with Crippen molar-refractivity contribution in [2.24, 2.45) is 0 Å². The van der Waals surface area contributed by atoms with Gasteiger partial charge in [-0.05, 0) is 30.5 Å². The third kappa shape index (κ3) is 5.38. The van der Waals surface area contributed by atoms with Gasteiger partial charge in [0.1, 0.15) is 6.07 Å². The van der Waals surface area contributed by atoms with Crippen LogP contribution in [-0.4, -0.2) is 69.7 Å². The van der Waals surface area contributed by atoms with Crippen LogP contribution < -0.4 is 15.1 Å². The molecule has 11 heteroatoms. The third-order valence-corrected chi connectivity index (χ3v) is 6.17. The van der Waals surface area contributed by atoms with Gasteiger partial charge < -0.3 is 20.2 Å². The fourth-order valence-electron chi connectivity index (χ4n) is 4.27. The zero-order chi connectivity index (χ0) is 25.5. The molecule has 0 saturated carbocycles. The average molecular weight is 487 g/mol. The number of carboxylic acid groups (broad SMARTS) is 1. The minimum absolute atomic E-state index is 0.000527. The lowest BCUT2D eigenvalue weighted by atomic mass is 10.0. The second kappa shape index (κ2) is 11.2. The quantitative estimate of drug-likeness (QED) is 0.374. The van der Waals surface area contributed by atoms with Gasteiger partial charge in [0.15, 0.2) is 17.4 Å². The van der Waals surface area contributed by atoms with E-state index in [-0.39, 0.29) is 18.3 Å². The number of nitrogens with zero attached hydrogens (tertiary/aromatic N) is 7. The Hall–Kier alpha value is -4.59. The number of carbonyl (C=O) groups excluding carboxylic acids is 1. The summed E-state index contributed by atoms with van der Waals surface area (Å²) in [5.74, 6) is 2.25. The van der Waals surface area contributed by atoms with Gasteiger partial charge in [-0.1, -0.05) is 18.7 Å². The molecule has 0 unspecified atom stereocenters. The molecule has 0 aliphatic carbocycles. The molecule has 1 atom stereocenters. The average Bonchev–Trinajstić information content (AvgIpc) is 3.32. The number of nitrogens with one attached hydrogen (secondary N) is 1. The Morgan fingerprint density at radius 1 is 1.17 bits per heavy atom. The van der Waals surface area contributed by atoms with Crippen molar-refractivity contribution in [2.75, 3.05) is 41.3 Å². The maximum atomic E-state index is 11.9. The van der Waals surface area contributed by atoms with Crippen molar-refractivity contribution >= 4 is 40.6 Å². The van der Waals surface area contributed by atoms with Crippen molar-refractivity contribution in [3.8, 4) is 6.07 Å². The van der Waals surface area contributed by atoms with Crippen LogP contribution in [-0.2, 0) is 16.0 Å². The number of anilines is 3. The molecule has 0 amide bonds. The highest BCUT2D eigenvalue weighted by Gasteiger charge is 2.28. The van der Waals surface area contributed by atoms with Crippen molar-refractivity contribution in [1.29, 1.82) is 5.26 Å². The minimum Gasteiger partial charge on any atom is -0.483 e. The van der Waals surface area contributed by atoms with E-state index in [1.54, 1.807) is 0 Å². The van der Waals surface area contributed by atoms with Crippen LogP contribution in [0.5, 0.6) is 0 Å². The second-order valence-electron chi connectivity index (χ2n) is 8.50. The molecule has 3 aromatic rings. The first-order valence-electron chi connectivity index (χ1n) is 11.6. The van der Waals surface area contributed by atoms with Gasteiger partial charge in [-0.15, -0.1) is 10.2 Å². The number of rotatable bonds is 7. The first-order valence-corrected chi connectivity index (χ1v) is 11.6. The molecule has 5 rings (SSSR count). The monoisotopic (exact) mass is 486 g/mol. The predicted octanol–water partition coefficient (Wildman–Crippen LogP) is 2.19. The summed E-state index contributed by atoms with van der Waals surface area (Å²) < 4.78 is 0. The summed E-state index contributed by atoms with van der Waals surface area (Å²) in [5, 5.41) is 30.4. The number of ketones is 1. The van der Waals surface area contributed by atoms with Gasteiger partial charge in [0.2, 0.25) is 5.95 Å². The summed E-state index contributed by atoms with van der Waals surface area (Å²) in [6.45, 7) is 6.85. The van der Waals surface area contributed by atoms with Crippen LogP contribution in [0, 0.1) is 11.3 Å². The van der Waals surface area contributed by atoms with E-state index in [0.717, 1.165) is 67.0 Å². The third-order valence-electron chi connectivity index (χ3n) is 6.17. The molecule has 0 spiro atoms. The molecular formula is C25H26N8O3. The predicted molar refractivity (Wildman–Crippen MR) is 135 cm³/mol. The molecule has 184 valence electrons. The van der Waals surface area contributed by atoms with Crippen LogP contribution in [0.2, 0.25) is 0 Å². The van der Waals surface area contributed by atoms with E-state index in [0.29, 0.717) is 17.9 Å². The summed E-state index contributed by atoms with van der Waals surface area (Å²) in [6, 6.07) is 8.30. The number of aromatic nitrogens is 4. The lowest BCUT2D eigenvalue weighted by Gasteiger charge is -2.33. The van der Waals surface area contributed by atoms with Crippen molar-refractivity contribution in [1.82, 2.24) is 20.2 Å². The van der Waals surface area contributed by atoms with Crippen molar-refractivity contribution in [2.45, 2.75) is 25.3 Å². The van der Waals surface area contributed by atoms with Crippen LogP contribution in [0.15, 0.2) is 43.2 Å². The molecule has 1 aromatic carbocycles. The van der Waals surface area contributed by atoms with Gasteiger partial charge in [0.25, 0.3) is 6.47 Å². The SMILES string of the molecule is C=CC(=O)Cc1ccc2c(N3CC[C@@H](Nc4ncc(C#N)cn4)C3)nnc(N3CCC3)c2c1.O=CO. The molecule has 11 nitrogen and oxygen atoms in total. The largest absolute Gasteiger partial charge is 0.483 e. The summed E-state index contributed by atoms with van der Waals surface area (Å²) in [4.78, 5) is 33.2. The minimum atomic E-state index is -0.250. The van der Waals surface area contributed by atoms with E-state index in [9.17, 15) is 4.79 Å². The van der Waals surface area contributed by atoms with Crippen LogP contribution in [0.4, 0.5) is 17.6 Å². The van der Waals surface area contributed by atoms with E-state index in [2.05, 4.69) is 54.0 Å². The number of allylic oxidation sites excluding steroid dienone is 1. The lowest BCUT2D eigenvalue weighted by molar-refractivity contribution is -0.123. The van der Waals surface area contributed by atoms with Crippen LogP contribution in [0.25, 0.3) is 10.8 Å². The number of fused-ring (bicyclic) bond motifs is 1. The Morgan fingerprint density at radius 2 is 1.86 bits per heavy atom. The summed E-state index contributed by atoms with van der Waals surface area (Å²) in [6.07, 6.45) is 6.79. The summed E-state index contributed by atoms with van der Waals surface area (Å²) in [7, 11) is 0. The second-order valence-corrected chi connectivity index (χ2v) is 8.50. The van der Waals surface area contributed by atoms with E-state index < -0.39 is 0 Å². The van der Waals surface area contributed by atoms with Gasteiger partial charge in [-0.2, -0.15) is 5.26 Å². The Kier molecular flexibility index (Phi) is 7.65. The fraction of sp³-hybridized carbons (Fsp3) is 0.320. The lowest BCUT2D eigenvalue weighted by Crippen LogP contribution is -2.38. The smallest absolute Gasteiger partial charge is 0.290 e. The van der Waals surface area contributed by atoms with E-state index >= 15 is 0 Å². The number of hydrogen-bond acceptors (Lipinski definition) is 10. The standard InChI is InChI=1S/C24H24N8O.CH2O2/c1-2-19(33)10-16-4-5-20-21(11-16)23(31-7-3-8-31)30-29-22(20)32-9-6-18(15-32)28-24-26-13-17(12-25)14-27-24;2-1-3/h2,4-5,11,13-14,18H,1,3,6-10,15H2,(H,26,27,28);1H,(H,2,3)/t18-;/m1./s1. The summed E-state index contributed by atoms with van der Waals surface area (Å²) in [5.41, 5.74) is 1.39. The first kappa shape index (κ1) is 24.5. The molecule has 2 aliphatic rings. The Morgan fingerprint density at radius 3 is 2.47 bits per heavy atom. The van der Waals surface area contributed by atoms with Gasteiger partial charge in [0, 0.05) is 49.4 Å². The molecule has 2 aliphatic heterocycles. The molecule has 4 heterocycles. The number of hydrogen-bond donors (Lipinski definition) is 2. The molecule has 2 fully saturated rings. The highest BCUT2D eigenvalue weighted by atomic mass is 16.3. The maximum Gasteiger partial charge on any atom is 0.290 e. The molecular weight excluding hydrogens is 460 g/mol.